The Bertz CT molecular complexity index is 936. The third-order valence-electron chi connectivity index (χ3n) is 4.84. The van der Waals surface area contributed by atoms with E-state index in [1.165, 1.54) is 11.8 Å². The number of aromatic amines is 1. The molecule has 1 aromatic carbocycles. The molecular weight excluding hydrogens is 347 g/mol. The van der Waals surface area contributed by atoms with Crippen molar-refractivity contribution in [2.45, 2.75) is 25.7 Å². The molecule has 3 rings (SSSR count). The van der Waals surface area contributed by atoms with E-state index in [9.17, 15) is 22.8 Å². The summed E-state index contributed by atoms with van der Waals surface area (Å²) >= 11 is 0. The van der Waals surface area contributed by atoms with Gasteiger partial charge in [-0.05, 0) is 25.8 Å². The molecule has 26 heavy (non-hydrogen) atoms. The zero-order valence-electron chi connectivity index (χ0n) is 14.2. The number of fused-ring (bicyclic) bond motifs is 1. The Kier molecular flexibility index (Phi) is 4.52. The van der Waals surface area contributed by atoms with E-state index in [1.54, 1.807) is 0 Å². The number of benzene rings is 1. The van der Waals surface area contributed by atoms with E-state index in [4.69, 9.17) is 5.73 Å². The number of primary amides is 1. The highest BCUT2D eigenvalue weighted by atomic mass is 19.2. The summed E-state index contributed by atoms with van der Waals surface area (Å²) in [6.07, 6.45) is 2.15. The molecule has 138 valence electrons. The molecule has 8 heteroatoms. The number of hydrogen-bond donors (Lipinski definition) is 2. The number of aromatic nitrogens is 1. The van der Waals surface area contributed by atoms with Crippen LogP contribution in [-0.2, 0) is 4.79 Å². The Hall–Kier alpha value is -2.77. The van der Waals surface area contributed by atoms with Crippen molar-refractivity contribution in [3.63, 3.8) is 0 Å². The number of nitrogens with zero attached hydrogens (tertiary/aromatic N) is 1. The minimum atomic E-state index is -1.41. The van der Waals surface area contributed by atoms with Crippen LogP contribution < -0.4 is 5.73 Å². The second-order valence-corrected chi connectivity index (χ2v) is 6.42. The van der Waals surface area contributed by atoms with E-state index in [2.05, 4.69) is 11.6 Å². The summed E-state index contributed by atoms with van der Waals surface area (Å²) in [5.74, 6) is -5.60. The molecule has 0 spiro atoms. The SMILES string of the molecule is C=CC(=O)N1CCC[C@@H](c2c(F)c(F)c(C(N)=O)c3[nH]c(C)c(F)c23)C1. The molecule has 0 unspecified atom stereocenters. The number of carbonyl (C=O) groups is 2. The van der Waals surface area contributed by atoms with Gasteiger partial charge >= 0.3 is 0 Å². The molecule has 1 atom stereocenters. The molecule has 1 saturated heterocycles. The van der Waals surface area contributed by atoms with E-state index in [0.29, 0.717) is 19.4 Å². The maximum atomic E-state index is 14.8. The number of nitrogens with two attached hydrogens (primary N) is 1. The molecule has 1 aliphatic rings. The van der Waals surface area contributed by atoms with E-state index < -0.39 is 34.8 Å². The number of halogens is 3. The van der Waals surface area contributed by atoms with E-state index in [0.717, 1.165) is 6.08 Å². The molecule has 2 aromatic rings. The molecular formula is C18H18F3N3O2. The number of carbonyl (C=O) groups excluding carboxylic acids is 2. The van der Waals surface area contributed by atoms with Crippen LogP contribution in [0.15, 0.2) is 12.7 Å². The molecule has 2 heterocycles. The number of nitrogens with one attached hydrogen (secondary N) is 1. The Morgan fingerprint density at radius 1 is 1.27 bits per heavy atom. The number of H-pyrrole nitrogens is 1. The lowest BCUT2D eigenvalue weighted by Crippen LogP contribution is -2.38. The van der Waals surface area contributed by atoms with Gasteiger partial charge < -0.3 is 15.6 Å². The predicted molar refractivity (Wildman–Crippen MR) is 90.2 cm³/mol. The van der Waals surface area contributed by atoms with E-state index in [-0.39, 0.29) is 34.6 Å². The van der Waals surface area contributed by atoms with Crippen molar-refractivity contribution < 1.29 is 22.8 Å². The Balaban J connectivity index is 2.25. The fourth-order valence-electron chi connectivity index (χ4n) is 3.65. The highest BCUT2D eigenvalue weighted by molar-refractivity contribution is 6.06. The van der Waals surface area contributed by atoms with Gasteiger partial charge in [-0.15, -0.1) is 0 Å². The fourth-order valence-corrected chi connectivity index (χ4v) is 3.65. The summed E-state index contributed by atoms with van der Waals surface area (Å²) in [7, 11) is 0. The van der Waals surface area contributed by atoms with Crippen LogP contribution in [0.5, 0.6) is 0 Å². The predicted octanol–water partition coefficient (Wildman–Crippen LogP) is 2.88. The minimum Gasteiger partial charge on any atom is -0.365 e. The summed E-state index contributed by atoms with van der Waals surface area (Å²) in [5.41, 5.74) is 4.17. The van der Waals surface area contributed by atoms with Crippen LogP contribution in [0.3, 0.4) is 0 Å². The lowest BCUT2D eigenvalue weighted by Gasteiger charge is -2.33. The van der Waals surface area contributed by atoms with Gasteiger partial charge in [-0.2, -0.15) is 0 Å². The highest BCUT2D eigenvalue weighted by Gasteiger charge is 2.33. The zero-order valence-corrected chi connectivity index (χ0v) is 14.2. The molecule has 0 aliphatic carbocycles. The Morgan fingerprint density at radius 3 is 2.58 bits per heavy atom. The van der Waals surface area contributed by atoms with Gasteiger partial charge in [0.05, 0.1) is 5.52 Å². The van der Waals surface area contributed by atoms with Crippen LogP contribution in [0.25, 0.3) is 10.9 Å². The molecule has 2 amide bonds. The van der Waals surface area contributed by atoms with Crippen LogP contribution in [0.4, 0.5) is 13.2 Å². The molecule has 1 aliphatic heterocycles. The van der Waals surface area contributed by atoms with Crippen LogP contribution in [0.1, 0.15) is 40.4 Å². The molecule has 0 saturated carbocycles. The van der Waals surface area contributed by atoms with Crippen LogP contribution in [-0.4, -0.2) is 34.8 Å². The second kappa shape index (κ2) is 6.51. The first-order valence-electron chi connectivity index (χ1n) is 8.17. The van der Waals surface area contributed by atoms with Gasteiger partial charge in [-0.25, -0.2) is 13.2 Å². The van der Waals surface area contributed by atoms with Crippen LogP contribution >= 0.6 is 0 Å². The number of likely N-dealkylation sites (tertiary alicyclic amines) is 1. The quantitative estimate of drug-likeness (QED) is 0.821. The number of aryl methyl sites for hydroxylation is 1. The van der Waals surface area contributed by atoms with Gasteiger partial charge in [0.15, 0.2) is 17.5 Å². The first kappa shape index (κ1) is 18.0. The average molecular weight is 365 g/mol. The monoisotopic (exact) mass is 365 g/mol. The highest BCUT2D eigenvalue weighted by Crippen LogP contribution is 2.39. The summed E-state index contributed by atoms with van der Waals surface area (Å²) in [6, 6.07) is 0. The minimum absolute atomic E-state index is 0.0450. The number of hydrogen-bond acceptors (Lipinski definition) is 2. The van der Waals surface area contributed by atoms with Crippen molar-refractivity contribution in [1.29, 1.82) is 0 Å². The third kappa shape index (κ3) is 2.65. The molecule has 1 aromatic heterocycles. The molecule has 1 fully saturated rings. The molecule has 5 nitrogen and oxygen atoms in total. The van der Waals surface area contributed by atoms with Gasteiger partial charge in [0, 0.05) is 35.7 Å². The topological polar surface area (TPSA) is 79.2 Å². The van der Waals surface area contributed by atoms with Crippen molar-refractivity contribution in [1.82, 2.24) is 9.88 Å². The number of piperidine rings is 1. The van der Waals surface area contributed by atoms with Crippen LogP contribution in [0, 0.1) is 24.4 Å². The summed E-state index contributed by atoms with van der Waals surface area (Å²) in [5, 5.41) is -0.187. The second-order valence-electron chi connectivity index (χ2n) is 6.42. The summed E-state index contributed by atoms with van der Waals surface area (Å²) < 4.78 is 44.1. The largest absolute Gasteiger partial charge is 0.365 e. The lowest BCUT2D eigenvalue weighted by molar-refractivity contribution is -0.127. The summed E-state index contributed by atoms with van der Waals surface area (Å²) in [6.45, 7) is 5.39. The Labute approximate surface area is 147 Å². The van der Waals surface area contributed by atoms with Crippen molar-refractivity contribution in [3.05, 3.63) is 46.9 Å². The molecule has 0 radical (unpaired) electrons. The number of rotatable bonds is 3. The third-order valence-corrected chi connectivity index (χ3v) is 4.84. The smallest absolute Gasteiger partial charge is 0.253 e. The summed E-state index contributed by atoms with van der Waals surface area (Å²) in [4.78, 5) is 27.5. The van der Waals surface area contributed by atoms with Crippen molar-refractivity contribution in [2.24, 2.45) is 5.73 Å². The van der Waals surface area contributed by atoms with E-state index in [1.807, 2.05) is 0 Å². The standard InChI is InChI=1S/C18H18F3N3O2/c1-3-10(25)24-6-4-5-9(7-24)11-12-14(19)8(2)23-17(12)13(18(22)26)16(21)15(11)20/h3,9,23H,1,4-7H2,2H3,(H2,22,26)/t9-/m1/s1. The van der Waals surface area contributed by atoms with Gasteiger partial charge in [0.1, 0.15) is 5.56 Å². The van der Waals surface area contributed by atoms with Gasteiger partial charge in [-0.1, -0.05) is 6.58 Å². The normalized spacial score (nSPS) is 17.5. The Morgan fingerprint density at radius 2 is 1.96 bits per heavy atom. The lowest BCUT2D eigenvalue weighted by atomic mass is 9.86. The first-order valence-corrected chi connectivity index (χ1v) is 8.17. The maximum absolute atomic E-state index is 14.8. The van der Waals surface area contributed by atoms with Crippen molar-refractivity contribution >= 4 is 22.7 Å². The van der Waals surface area contributed by atoms with E-state index >= 15 is 0 Å². The van der Waals surface area contributed by atoms with Crippen molar-refractivity contribution in [3.8, 4) is 0 Å². The molecule has 0 bridgehead atoms. The number of amides is 2. The average Bonchev–Trinajstić information content (AvgIpc) is 2.89. The zero-order chi connectivity index (χ0) is 19.2. The van der Waals surface area contributed by atoms with Gasteiger partial charge in [0.2, 0.25) is 5.91 Å². The van der Waals surface area contributed by atoms with Gasteiger partial charge in [-0.3, -0.25) is 9.59 Å². The molecule has 3 N–H and O–H groups in total. The first-order chi connectivity index (χ1) is 12.3. The fraction of sp³-hybridized carbons (Fsp3) is 0.333. The maximum Gasteiger partial charge on any atom is 0.253 e. The van der Waals surface area contributed by atoms with Gasteiger partial charge in [0.25, 0.3) is 5.91 Å². The van der Waals surface area contributed by atoms with Crippen molar-refractivity contribution in [2.75, 3.05) is 13.1 Å². The van der Waals surface area contributed by atoms with Crippen LogP contribution in [0.2, 0.25) is 0 Å².